The van der Waals surface area contributed by atoms with Crippen molar-refractivity contribution in [2.75, 3.05) is 19.0 Å². The number of likely N-dealkylation sites (tertiary alicyclic amines) is 1. The number of carbonyl (C=O) groups is 1. The van der Waals surface area contributed by atoms with Gasteiger partial charge in [-0.2, -0.15) is 4.98 Å². The van der Waals surface area contributed by atoms with Gasteiger partial charge in [-0.25, -0.2) is 4.79 Å². The molecule has 4 rings (SSSR count). The van der Waals surface area contributed by atoms with Crippen LogP contribution in [0.2, 0.25) is 5.02 Å². The summed E-state index contributed by atoms with van der Waals surface area (Å²) in [5.41, 5.74) is 1.51. The summed E-state index contributed by atoms with van der Waals surface area (Å²) in [6, 6.07) is 14.0. The first-order valence-electron chi connectivity index (χ1n) is 8.95. The van der Waals surface area contributed by atoms with Crippen LogP contribution in [0, 0.1) is 0 Å². The fraction of sp³-hybridized carbons (Fsp3) is 0.250. The highest BCUT2D eigenvalue weighted by atomic mass is 35.5. The average molecular weight is 399 g/mol. The molecule has 1 atom stereocenters. The van der Waals surface area contributed by atoms with E-state index in [0.717, 1.165) is 24.2 Å². The number of hydrogen-bond donors (Lipinski definition) is 1. The van der Waals surface area contributed by atoms with Crippen LogP contribution in [-0.2, 0) is 0 Å². The van der Waals surface area contributed by atoms with Gasteiger partial charge in [0.05, 0.1) is 7.11 Å². The third-order valence-corrected chi connectivity index (χ3v) is 4.94. The molecule has 0 bridgehead atoms. The summed E-state index contributed by atoms with van der Waals surface area (Å²) in [5, 5.41) is 7.61. The van der Waals surface area contributed by atoms with Crippen LogP contribution in [-0.4, -0.2) is 34.7 Å². The minimum Gasteiger partial charge on any atom is -0.497 e. The van der Waals surface area contributed by atoms with Crippen molar-refractivity contribution in [3.05, 3.63) is 59.4 Å². The van der Waals surface area contributed by atoms with Crippen LogP contribution in [0.4, 0.5) is 10.5 Å². The van der Waals surface area contributed by atoms with Crippen molar-refractivity contribution in [1.82, 2.24) is 15.0 Å². The molecule has 0 radical (unpaired) electrons. The number of urea groups is 1. The number of nitrogens with zero attached hydrogens (tertiary/aromatic N) is 3. The van der Waals surface area contributed by atoms with Crippen molar-refractivity contribution in [3.63, 3.8) is 0 Å². The molecule has 2 heterocycles. The second-order valence-corrected chi connectivity index (χ2v) is 6.91. The molecule has 1 aliphatic heterocycles. The predicted molar refractivity (Wildman–Crippen MR) is 105 cm³/mol. The number of nitrogens with one attached hydrogen (secondary N) is 1. The van der Waals surface area contributed by atoms with Gasteiger partial charge in [0.1, 0.15) is 11.8 Å². The van der Waals surface area contributed by atoms with E-state index < -0.39 is 0 Å². The Balaban J connectivity index is 1.48. The minimum absolute atomic E-state index is 0.195. The average Bonchev–Trinajstić information content (AvgIpc) is 3.38. The molecule has 1 aliphatic rings. The summed E-state index contributed by atoms with van der Waals surface area (Å²) in [6.07, 6.45) is 1.65. The van der Waals surface area contributed by atoms with Gasteiger partial charge in [-0.15, -0.1) is 0 Å². The highest BCUT2D eigenvalue weighted by Gasteiger charge is 2.34. The quantitative estimate of drug-likeness (QED) is 0.684. The number of aromatic nitrogens is 2. The molecule has 3 aromatic rings. The molecule has 1 unspecified atom stereocenters. The Hall–Kier alpha value is -3.06. The molecule has 2 aromatic carbocycles. The number of halogens is 1. The smallest absolute Gasteiger partial charge is 0.322 e. The summed E-state index contributed by atoms with van der Waals surface area (Å²) in [5.74, 6) is 1.65. The zero-order valence-electron chi connectivity index (χ0n) is 15.3. The van der Waals surface area contributed by atoms with Gasteiger partial charge >= 0.3 is 6.03 Å². The topological polar surface area (TPSA) is 80.5 Å². The third kappa shape index (κ3) is 3.80. The van der Waals surface area contributed by atoms with E-state index in [1.165, 1.54) is 0 Å². The van der Waals surface area contributed by atoms with Crippen LogP contribution < -0.4 is 10.1 Å². The molecule has 1 fully saturated rings. The van der Waals surface area contributed by atoms with Crippen LogP contribution in [0.25, 0.3) is 11.4 Å². The number of rotatable bonds is 4. The summed E-state index contributed by atoms with van der Waals surface area (Å²) in [6.45, 7) is 0.630. The van der Waals surface area contributed by atoms with Crippen molar-refractivity contribution in [3.8, 4) is 17.1 Å². The van der Waals surface area contributed by atoms with Gasteiger partial charge in [0.15, 0.2) is 0 Å². The van der Waals surface area contributed by atoms with Crippen LogP contribution >= 0.6 is 11.6 Å². The van der Waals surface area contributed by atoms with E-state index in [9.17, 15) is 4.79 Å². The first kappa shape index (κ1) is 18.3. The zero-order valence-corrected chi connectivity index (χ0v) is 16.0. The zero-order chi connectivity index (χ0) is 19.5. The minimum atomic E-state index is -0.244. The van der Waals surface area contributed by atoms with E-state index in [4.69, 9.17) is 20.9 Å². The summed E-state index contributed by atoms with van der Waals surface area (Å²) in [7, 11) is 1.60. The molecular formula is C20H19ClN4O3. The Morgan fingerprint density at radius 1 is 1.21 bits per heavy atom. The lowest BCUT2D eigenvalue weighted by atomic mass is 10.2. The number of benzene rings is 2. The fourth-order valence-electron chi connectivity index (χ4n) is 3.22. The van der Waals surface area contributed by atoms with Crippen molar-refractivity contribution in [2.24, 2.45) is 0 Å². The van der Waals surface area contributed by atoms with Crippen molar-refractivity contribution in [1.29, 1.82) is 0 Å². The van der Waals surface area contributed by atoms with Crippen LogP contribution in [0.15, 0.2) is 53.1 Å². The first-order valence-corrected chi connectivity index (χ1v) is 9.33. The molecule has 28 heavy (non-hydrogen) atoms. The first-order chi connectivity index (χ1) is 13.6. The number of anilines is 1. The maximum atomic E-state index is 12.7. The predicted octanol–water partition coefficient (Wildman–Crippen LogP) is 4.77. The van der Waals surface area contributed by atoms with Gasteiger partial charge in [0.25, 0.3) is 0 Å². The van der Waals surface area contributed by atoms with E-state index in [1.54, 1.807) is 48.4 Å². The molecule has 1 N–H and O–H groups in total. The Kier molecular flexibility index (Phi) is 5.16. The second-order valence-electron chi connectivity index (χ2n) is 6.47. The molecule has 8 heteroatoms. The van der Waals surface area contributed by atoms with Gasteiger partial charge in [0.2, 0.25) is 11.7 Å². The van der Waals surface area contributed by atoms with Crippen LogP contribution in [0.3, 0.4) is 0 Å². The van der Waals surface area contributed by atoms with Crippen LogP contribution in [0.5, 0.6) is 5.75 Å². The van der Waals surface area contributed by atoms with Gasteiger partial charge in [0, 0.05) is 22.8 Å². The lowest BCUT2D eigenvalue weighted by Crippen LogP contribution is -2.34. The maximum Gasteiger partial charge on any atom is 0.322 e. The fourth-order valence-corrected chi connectivity index (χ4v) is 3.35. The Labute approximate surface area is 167 Å². The second kappa shape index (κ2) is 7.90. The van der Waals surface area contributed by atoms with Crippen LogP contribution in [0.1, 0.15) is 24.8 Å². The lowest BCUT2D eigenvalue weighted by Gasteiger charge is -2.22. The van der Waals surface area contributed by atoms with E-state index in [-0.39, 0.29) is 12.1 Å². The van der Waals surface area contributed by atoms with E-state index in [2.05, 4.69) is 15.5 Å². The summed E-state index contributed by atoms with van der Waals surface area (Å²) >= 11 is 5.92. The Bertz CT molecular complexity index is 956. The maximum absolute atomic E-state index is 12.7. The van der Waals surface area contributed by atoms with Gasteiger partial charge < -0.3 is 19.5 Å². The molecular weight excluding hydrogens is 380 g/mol. The summed E-state index contributed by atoms with van der Waals surface area (Å²) in [4.78, 5) is 19.0. The van der Waals surface area contributed by atoms with E-state index in [0.29, 0.717) is 29.0 Å². The monoisotopic (exact) mass is 398 g/mol. The normalized spacial score (nSPS) is 16.2. The van der Waals surface area contributed by atoms with Gasteiger partial charge in [-0.3, -0.25) is 0 Å². The van der Waals surface area contributed by atoms with E-state index >= 15 is 0 Å². The number of hydrogen-bond acceptors (Lipinski definition) is 5. The highest BCUT2D eigenvalue weighted by molar-refractivity contribution is 6.30. The standard InChI is InChI=1S/C20H19ClN4O3/c1-27-16-10-8-15(9-11-16)22-20(26)25-12-2-3-17(25)19-23-18(24-28-19)13-4-6-14(21)7-5-13/h4-11,17H,2-3,12H2,1H3,(H,22,26). The molecule has 1 saturated heterocycles. The summed E-state index contributed by atoms with van der Waals surface area (Å²) < 4.78 is 10.6. The molecule has 2 amide bonds. The SMILES string of the molecule is COc1ccc(NC(=O)N2CCCC2c2nc(-c3ccc(Cl)cc3)no2)cc1. The van der Waals surface area contributed by atoms with Crippen molar-refractivity contribution < 1.29 is 14.1 Å². The molecule has 1 aromatic heterocycles. The highest BCUT2D eigenvalue weighted by Crippen LogP contribution is 2.32. The number of ether oxygens (including phenoxy) is 1. The Morgan fingerprint density at radius 2 is 1.96 bits per heavy atom. The molecule has 0 aliphatic carbocycles. The molecule has 0 spiro atoms. The van der Waals surface area contributed by atoms with Crippen molar-refractivity contribution >= 4 is 23.3 Å². The van der Waals surface area contributed by atoms with Crippen molar-refractivity contribution in [2.45, 2.75) is 18.9 Å². The molecule has 0 saturated carbocycles. The third-order valence-electron chi connectivity index (χ3n) is 4.68. The molecule has 7 nitrogen and oxygen atoms in total. The lowest BCUT2D eigenvalue weighted by molar-refractivity contribution is 0.193. The number of amides is 2. The Morgan fingerprint density at radius 3 is 2.68 bits per heavy atom. The van der Waals surface area contributed by atoms with Gasteiger partial charge in [-0.05, 0) is 61.4 Å². The van der Waals surface area contributed by atoms with E-state index in [1.807, 2.05) is 12.1 Å². The van der Waals surface area contributed by atoms with Gasteiger partial charge in [-0.1, -0.05) is 16.8 Å². The number of carbonyl (C=O) groups excluding carboxylic acids is 1. The number of methoxy groups -OCH3 is 1. The molecule has 144 valence electrons. The largest absolute Gasteiger partial charge is 0.497 e.